The van der Waals surface area contributed by atoms with Crippen LogP contribution in [0.15, 0.2) is 72.8 Å². The molecule has 3 aromatic rings. The summed E-state index contributed by atoms with van der Waals surface area (Å²) in [5.41, 5.74) is 17.8. The van der Waals surface area contributed by atoms with Crippen LogP contribution in [0.25, 0.3) is 23.3 Å². The van der Waals surface area contributed by atoms with Crippen LogP contribution in [0, 0.1) is 0 Å². The van der Waals surface area contributed by atoms with Crippen molar-refractivity contribution in [1.29, 1.82) is 0 Å². The van der Waals surface area contributed by atoms with Crippen molar-refractivity contribution in [3.05, 3.63) is 83.9 Å². The van der Waals surface area contributed by atoms with Crippen LogP contribution in [0.5, 0.6) is 0 Å². The van der Waals surface area contributed by atoms with E-state index in [9.17, 15) is 0 Å². The maximum absolute atomic E-state index is 6.23. The van der Waals surface area contributed by atoms with Crippen LogP contribution >= 0.6 is 0 Å². The minimum Gasteiger partial charge on any atom is -0.397 e. The second-order valence-electron chi connectivity index (χ2n) is 5.14. The Morgan fingerprint density at radius 3 is 1.91 bits per heavy atom. The normalized spacial score (nSPS) is 10.9. The summed E-state index contributed by atoms with van der Waals surface area (Å²) >= 11 is 0. The molecule has 0 radical (unpaired) electrons. The van der Waals surface area contributed by atoms with Gasteiger partial charge >= 0.3 is 0 Å². The minimum atomic E-state index is 0.619. The van der Waals surface area contributed by atoms with Crippen LogP contribution in [0.2, 0.25) is 0 Å². The average molecular weight is 286 g/mol. The Kier molecular flexibility index (Phi) is 3.92. The maximum Gasteiger partial charge on any atom is 0.0633 e. The van der Waals surface area contributed by atoms with Gasteiger partial charge in [-0.05, 0) is 16.7 Å². The third-order valence-corrected chi connectivity index (χ3v) is 3.66. The van der Waals surface area contributed by atoms with Gasteiger partial charge in [0.15, 0.2) is 0 Å². The third-order valence-electron chi connectivity index (χ3n) is 3.66. The van der Waals surface area contributed by atoms with Crippen molar-refractivity contribution in [3.63, 3.8) is 0 Å². The highest BCUT2D eigenvalue weighted by Gasteiger charge is 2.07. The van der Waals surface area contributed by atoms with Gasteiger partial charge in [0, 0.05) is 5.56 Å². The molecule has 0 bridgehead atoms. The fourth-order valence-electron chi connectivity index (χ4n) is 2.42. The lowest BCUT2D eigenvalue weighted by atomic mass is 9.99. The number of nitrogen functional groups attached to an aromatic ring is 2. The van der Waals surface area contributed by atoms with Crippen LogP contribution in [-0.2, 0) is 0 Å². The molecule has 0 aliphatic rings. The zero-order valence-corrected chi connectivity index (χ0v) is 12.2. The molecule has 4 N–H and O–H groups in total. The number of hydrogen-bond acceptors (Lipinski definition) is 2. The largest absolute Gasteiger partial charge is 0.397 e. The molecular formula is C20H18N2. The van der Waals surface area contributed by atoms with Crippen LogP contribution in [0.3, 0.4) is 0 Å². The summed E-state index contributed by atoms with van der Waals surface area (Å²) in [5.74, 6) is 0. The second kappa shape index (κ2) is 6.19. The third kappa shape index (κ3) is 2.86. The van der Waals surface area contributed by atoms with Crippen molar-refractivity contribution in [2.75, 3.05) is 11.5 Å². The van der Waals surface area contributed by atoms with Crippen LogP contribution < -0.4 is 11.5 Å². The average Bonchev–Trinajstić information content (AvgIpc) is 2.58. The van der Waals surface area contributed by atoms with Crippen LogP contribution in [0.1, 0.15) is 11.1 Å². The molecule has 0 aliphatic carbocycles. The fourth-order valence-corrected chi connectivity index (χ4v) is 2.42. The molecule has 0 amide bonds. The van der Waals surface area contributed by atoms with Gasteiger partial charge in [-0.2, -0.15) is 0 Å². The van der Waals surface area contributed by atoms with Crippen molar-refractivity contribution in [2.24, 2.45) is 0 Å². The Balaban J connectivity index is 1.95. The summed E-state index contributed by atoms with van der Waals surface area (Å²) in [5, 5.41) is 0. The van der Waals surface area contributed by atoms with E-state index in [0.717, 1.165) is 22.3 Å². The predicted octanol–water partition coefficient (Wildman–Crippen LogP) is 4.69. The van der Waals surface area contributed by atoms with E-state index in [4.69, 9.17) is 11.5 Å². The van der Waals surface area contributed by atoms with Gasteiger partial charge in [-0.25, -0.2) is 0 Å². The van der Waals surface area contributed by atoms with Gasteiger partial charge in [-0.3, -0.25) is 0 Å². The second-order valence-corrected chi connectivity index (χ2v) is 5.14. The summed E-state index contributed by atoms with van der Waals surface area (Å²) in [6, 6.07) is 24.2. The topological polar surface area (TPSA) is 52.0 Å². The van der Waals surface area contributed by atoms with E-state index >= 15 is 0 Å². The Hall–Kier alpha value is -3.00. The zero-order valence-electron chi connectivity index (χ0n) is 12.2. The Bertz CT molecular complexity index is 791. The van der Waals surface area contributed by atoms with E-state index < -0.39 is 0 Å². The minimum absolute atomic E-state index is 0.619. The first kappa shape index (κ1) is 14.0. The summed E-state index contributed by atoms with van der Waals surface area (Å²) < 4.78 is 0. The first-order chi connectivity index (χ1) is 10.8. The molecule has 2 heteroatoms. The number of nitrogens with two attached hydrogens (primary N) is 2. The van der Waals surface area contributed by atoms with Gasteiger partial charge < -0.3 is 11.5 Å². The zero-order chi connectivity index (χ0) is 15.4. The Labute approximate surface area is 130 Å². The van der Waals surface area contributed by atoms with Crippen LogP contribution in [-0.4, -0.2) is 0 Å². The van der Waals surface area contributed by atoms with E-state index in [-0.39, 0.29) is 0 Å². The van der Waals surface area contributed by atoms with E-state index in [1.165, 1.54) is 0 Å². The summed E-state index contributed by atoms with van der Waals surface area (Å²) in [6.45, 7) is 0. The first-order valence-corrected chi connectivity index (χ1v) is 7.22. The van der Waals surface area contributed by atoms with E-state index in [1.807, 2.05) is 84.9 Å². The SMILES string of the molecule is Nc1c(C=Cc2ccccc2)ccc(-c2ccccc2)c1N. The quantitative estimate of drug-likeness (QED) is 0.542. The molecule has 0 unspecified atom stereocenters. The van der Waals surface area contributed by atoms with Crippen LogP contribution in [0.4, 0.5) is 11.4 Å². The van der Waals surface area contributed by atoms with Gasteiger partial charge in [-0.15, -0.1) is 0 Å². The highest BCUT2D eigenvalue weighted by Crippen LogP contribution is 2.33. The van der Waals surface area contributed by atoms with E-state index in [1.54, 1.807) is 0 Å². The van der Waals surface area contributed by atoms with Crippen molar-refractivity contribution in [3.8, 4) is 11.1 Å². The molecule has 0 aliphatic heterocycles. The van der Waals surface area contributed by atoms with Crippen molar-refractivity contribution in [2.45, 2.75) is 0 Å². The smallest absolute Gasteiger partial charge is 0.0633 e. The van der Waals surface area contributed by atoms with Gasteiger partial charge in [0.1, 0.15) is 0 Å². The highest BCUT2D eigenvalue weighted by molar-refractivity contribution is 5.90. The molecule has 0 saturated carbocycles. The Morgan fingerprint density at radius 1 is 0.591 bits per heavy atom. The number of hydrogen-bond donors (Lipinski definition) is 2. The number of benzene rings is 3. The molecule has 0 spiro atoms. The van der Waals surface area contributed by atoms with Gasteiger partial charge in [0.25, 0.3) is 0 Å². The molecule has 0 atom stereocenters. The Morgan fingerprint density at radius 2 is 1.23 bits per heavy atom. The fraction of sp³-hybridized carbons (Fsp3) is 0. The number of rotatable bonds is 3. The molecule has 0 aromatic heterocycles. The van der Waals surface area contributed by atoms with Crippen molar-refractivity contribution >= 4 is 23.5 Å². The molecule has 0 fully saturated rings. The molecule has 0 heterocycles. The van der Waals surface area contributed by atoms with Crippen molar-refractivity contribution < 1.29 is 0 Å². The molecule has 2 nitrogen and oxygen atoms in total. The molecule has 3 aromatic carbocycles. The van der Waals surface area contributed by atoms with Gasteiger partial charge in [-0.1, -0.05) is 84.9 Å². The molecule has 3 rings (SSSR count). The summed E-state index contributed by atoms with van der Waals surface area (Å²) in [7, 11) is 0. The lowest BCUT2D eigenvalue weighted by Gasteiger charge is -2.11. The molecule has 22 heavy (non-hydrogen) atoms. The highest BCUT2D eigenvalue weighted by atomic mass is 14.7. The predicted molar refractivity (Wildman–Crippen MR) is 96.1 cm³/mol. The number of anilines is 2. The lowest BCUT2D eigenvalue weighted by molar-refractivity contribution is 1.58. The molecule has 0 saturated heterocycles. The first-order valence-electron chi connectivity index (χ1n) is 7.22. The van der Waals surface area contributed by atoms with Gasteiger partial charge in [0.2, 0.25) is 0 Å². The summed E-state index contributed by atoms with van der Waals surface area (Å²) in [4.78, 5) is 0. The molecule has 108 valence electrons. The monoisotopic (exact) mass is 286 g/mol. The lowest BCUT2D eigenvalue weighted by Crippen LogP contribution is -1.99. The standard InChI is InChI=1S/C20H18N2/c21-19-17(12-11-15-7-3-1-4-8-15)13-14-18(20(19)22)16-9-5-2-6-10-16/h1-14H,21-22H2. The maximum atomic E-state index is 6.23. The summed E-state index contributed by atoms with van der Waals surface area (Å²) in [6.07, 6.45) is 4.03. The van der Waals surface area contributed by atoms with Gasteiger partial charge in [0.05, 0.1) is 11.4 Å². The van der Waals surface area contributed by atoms with E-state index in [2.05, 4.69) is 0 Å². The molecular weight excluding hydrogens is 268 g/mol. The van der Waals surface area contributed by atoms with E-state index in [0.29, 0.717) is 11.4 Å². The van der Waals surface area contributed by atoms with Crippen molar-refractivity contribution in [1.82, 2.24) is 0 Å².